The van der Waals surface area contributed by atoms with Gasteiger partial charge in [-0.25, -0.2) is 13.5 Å². The molecular formula is C20H20F2N4O. The van der Waals surface area contributed by atoms with E-state index in [9.17, 15) is 13.6 Å². The summed E-state index contributed by atoms with van der Waals surface area (Å²) in [6, 6.07) is 13.7. The second-order valence-electron chi connectivity index (χ2n) is 6.32. The molecule has 0 spiro atoms. The minimum Gasteiger partial charge on any atom is -0.340 e. The molecule has 0 aliphatic carbocycles. The lowest BCUT2D eigenvalue weighted by Crippen LogP contribution is -2.28. The van der Waals surface area contributed by atoms with Crippen molar-refractivity contribution in [2.24, 2.45) is 0 Å². The van der Waals surface area contributed by atoms with Gasteiger partial charge < -0.3 is 4.90 Å². The highest BCUT2D eigenvalue weighted by atomic mass is 19.1. The first kappa shape index (κ1) is 18.7. The lowest BCUT2D eigenvalue weighted by Gasteiger charge is -2.15. The van der Waals surface area contributed by atoms with Gasteiger partial charge in [0.1, 0.15) is 11.6 Å². The standard InChI is InChI=1S/C20H20F2N4O/c1-25(12-6-9-15-7-3-2-4-8-15)20(27)19-14-26(24-23-19)13-16-17(21)10-5-11-18(16)22/h2-5,7-8,10-11,14H,6,9,12-13H2,1H3. The third kappa shape index (κ3) is 4.75. The lowest BCUT2D eigenvalue weighted by molar-refractivity contribution is 0.0787. The number of nitrogens with zero attached hydrogens (tertiary/aromatic N) is 4. The molecule has 3 aromatic rings. The molecule has 2 aromatic carbocycles. The molecule has 1 aromatic heterocycles. The molecule has 0 radical (unpaired) electrons. The number of aromatic nitrogens is 3. The van der Waals surface area contributed by atoms with E-state index in [2.05, 4.69) is 22.4 Å². The van der Waals surface area contributed by atoms with Crippen molar-refractivity contribution in [3.8, 4) is 0 Å². The van der Waals surface area contributed by atoms with Crippen LogP contribution in [0.1, 0.15) is 28.0 Å². The summed E-state index contributed by atoms with van der Waals surface area (Å²) in [5.41, 5.74) is 1.25. The Labute approximate surface area is 156 Å². The monoisotopic (exact) mass is 370 g/mol. The fourth-order valence-corrected chi connectivity index (χ4v) is 2.78. The molecule has 0 N–H and O–H groups in total. The van der Waals surface area contributed by atoms with Crippen molar-refractivity contribution in [3.05, 3.63) is 83.2 Å². The van der Waals surface area contributed by atoms with Crippen LogP contribution in [0.3, 0.4) is 0 Å². The highest BCUT2D eigenvalue weighted by Crippen LogP contribution is 2.13. The average molecular weight is 370 g/mol. The van der Waals surface area contributed by atoms with Crippen LogP contribution >= 0.6 is 0 Å². The number of carbonyl (C=O) groups excluding carboxylic acids is 1. The molecule has 0 saturated heterocycles. The van der Waals surface area contributed by atoms with Gasteiger partial charge in [-0.1, -0.05) is 41.6 Å². The summed E-state index contributed by atoms with van der Waals surface area (Å²) >= 11 is 0. The summed E-state index contributed by atoms with van der Waals surface area (Å²) in [6.45, 7) is 0.443. The summed E-state index contributed by atoms with van der Waals surface area (Å²) in [4.78, 5) is 14.0. The summed E-state index contributed by atoms with van der Waals surface area (Å²) < 4.78 is 28.7. The number of amides is 1. The number of aryl methyl sites for hydroxylation is 1. The lowest BCUT2D eigenvalue weighted by atomic mass is 10.1. The van der Waals surface area contributed by atoms with Crippen LogP contribution in [0.2, 0.25) is 0 Å². The normalized spacial score (nSPS) is 10.8. The first-order valence-electron chi connectivity index (χ1n) is 8.67. The molecule has 5 nitrogen and oxygen atoms in total. The Morgan fingerprint density at radius 1 is 1.07 bits per heavy atom. The van der Waals surface area contributed by atoms with E-state index in [1.165, 1.54) is 34.6 Å². The van der Waals surface area contributed by atoms with Gasteiger partial charge in [-0.2, -0.15) is 0 Å². The van der Waals surface area contributed by atoms with Gasteiger partial charge in [0.05, 0.1) is 12.7 Å². The zero-order valence-electron chi connectivity index (χ0n) is 15.0. The number of carbonyl (C=O) groups is 1. The van der Waals surface area contributed by atoms with Crippen LogP contribution in [0.15, 0.2) is 54.7 Å². The largest absolute Gasteiger partial charge is 0.340 e. The molecule has 1 amide bonds. The maximum Gasteiger partial charge on any atom is 0.275 e. The number of hydrogen-bond donors (Lipinski definition) is 0. The minimum atomic E-state index is -0.656. The van der Waals surface area contributed by atoms with Crippen molar-refractivity contribution in [3.63, 3.8) is 0 Å². The van der Waals surface area contributed by atoms with Crippen LogP contribution in [0.4, 0.5) is 8.78 Å². The van der Waals surface area contributed by atoms with E-state index in [0.717, 1.165) is 12.8 Å². The molecule has 0 unspecified atom stereocenters. The zero-order valence-corrected chi connectivity index (χ0v) is 15.0. The third-order valence-electron chi connectivity index (χ3n) is 4.29. The fraction of sp³-hybridized carbons (Fsp3) is 0.250. The van der Waals surface area contributed by atoms with Crippen molar-refractivity contribution in [1.82, 2.24) is 19.9 Å². The fourth-order valence-electron chi connectivity index (χ4n) is 2.78. The van der Waals surface area contributed by atoms with Crippen LogP contribution in [0.25, 0.3) is 0 Å². The Kier molecular flexibility index (Phi) is 5.90. The van der Waals surface area contributed by atoms with Gasteiger partial charge in [-0.05, 0) is 30.5 Å². The minimum absolute atomic E-state index is 0.113. The van der Waals surface area contributed by atoms with Crippen molar-refractivity contribution in [1.29, 1.82) is 0 Å². The predicted octanol–water partition coefficient (Wildman–Crippen LogP) is 3.31. The summed E-state index contributed by atoms with van der Waals surface area (Å²) in [6.07, 6.45) is 3.10. The van der Waals surface area contributed by atoms with Gasteiger partial charge in [0.15, 0.2) is 5.69 Å². The molecule has 0 bridgehead atoms. The van der Waals surface area contributed by atoms with E-state index < -0.39 is 11.6 Å². The third-order valence-corrected chi connectivity index (χ3v) is 4.29. The van der Waals surface area contributed by atoms with Gasteiger partial charge >= 0.3 is 0 Å². The Hall–Kier alpha value is -3.09. The first-order chi connectivity index (χ1) is 13.0. The quantitative estimate of drug-likeness (QED) is 0.641. The van der Waals surface area contributed by atoms with E-state index in [-0.39, 0.29) is 23.7 Å². The second kappa shape index (κ2) is 8.53. The number of rotatable bonds is 7. The second-order valence-corrected chi connectivity index (χ2v) is 6.32. The molecule has 0 saturated carbocycles. The van der Waals surface area contributed by atoms with Crippen molar-refractivity contribution >= 4 is 5.91 Å². The highest BCUT2D eigenvalue weighted by molar-refractivity contribution is 5.91. The topological polar surface area (TPSA) is 51.0 Å². The van der Waals surface area contributed by atoms with E-state index >= 15 is 0 Å². The molecule has 1 heterocycles. The molecule has 0 aliphatic heterocycles. The number of benzene rings is 2. The predicted molar refractivity (Wildman–Crippen MR) is 97.2 cm³/mol. The number of halogens is 2. The van der Waals surface area contributed by atoms with Crippen LogP contribution in [0.5, 0.6) is 0 Å². The van der Waals surface area contributed by atoms with Gasteiger partial charge in [0, 0.05) is 19.2 Å². The molecule has 0 aliphatic rings. The molecule has 0 atom stereocenters. The van der Waals surface area contributed by atoms with Crippen molar-refractivity contribution < 1.29 is 13.6 Å². The molecule has 140 valence electrons. The van der Waals surface area contributed by atoms with Crippen LogP contribution in [0, 0.1) is 11.6 Å². The van der Waals surface area contributed by atoms with Gasteiger partial charge in [0.25, 0.3) is 5.91 Å². The Morgan fingerprint density at radius 2 is 1.78 bits per heavy atom. The van der Waals surface area contributed by atoms with Crippen LogP contribution in [-0.4, -0.2) is 39.4 Å². The summed E-state index contributed by atoms with van der Waals surface area (Å²) in [5.74, 6) is -1.59. The van der Waals surface area contributed by atoms with Crippen molar-refractivity contribution in [2.75, 3.05) is 13.6 Å². The summed E-state index contributed by atoms with van der Waals surface area (Å²) in [7, 11) is 1.70. The SMILES string of the molecule is CN(CCCc1ccccc1)C(=O)c1cn(Cc2c(F)cccc2F)nn1. The van der Waals surface area contributed by atoms with Crippen molar-refractivity contribution in [2.45, 2.75) is 19.4 Å². The maximum absolute atomic E-state index is 13.7. The smallest absolute Gasteiger partial charge is 0.275 e. The first-order valence-corrected chi connectivity index (χ1v) is 8.67. The van der Waals surface area contributed by atoms with E-state index in [4.69, 9.17) is 0 Å². The van der Waals surface area contributed by atoms with E-state index in [1.54, 1.807) is 11.9 Å². The average Bonchev–Trinajstić information content (AvgIpc) is 3.13. The Balaban J connectivity index is 1.57. The number of hydrogen-bond acceptors (Lipinski definition) is 3. The summed E-state index contributed by atoms with van der Waals surface area (Å²) in [5, 5.41) is 7.65. The Bertz CT molecular complexity index is 891. The van der Waals surface area contributed by atoms with Crippen LogP contribution in [-0.2, 0) is 13.0 Å². The molecule has 7 heteroatoms. The zero-order chi connectivity index (χ0) is 19.2. The molecular weight excluding hydrogens is 350 g/mol. The molecule has 3 rings (SSSR count). The maximum atomic E-state index is 13.7. The molecule has 27 heavy (non-hydrogen) atoms. The van der Waals surface area contributed by atoms with Gasteiger partial charge in [-0.3, -0.25) is 4.79 Å². The van der Waals surface area contributed by atoms with Gasteiger partial charge in [0.2, 0.25) is 0 Å². The molecule has 0 fully saturated rings. The van der Waals surface area contributed by atoms with E-state index in [1.807, 2.05) is 18.2 Å². The van der Waals surface area contributed by atoms with E-state index in [0.29, 0.717) is 6.54 Å². The van der Waals surface area contributed by atoms with Crippen LogP contribution < -0.4 is 0 Å². The highest BCUT2D eigenvalue weighted by Gasteiger charge is 2.17. The Morgan fingerprint density at radius 3 is 2.48 bits per heavy atom. The van der Waals surface area contributed by atoms with Gasteiger partial charge in [-0.15, -0.1) is 5.10 Å².